The fourth-order valence-electron chi connectivity index (χ4n) is 2.38. The Morgan fingerprint density at radius 1 is 1.43 bits per heavy atom. The molecule has 0 bridgehead atoms. The third kappa shape index (κ3) is 1.38. The maximum absolute atomic E-state index is 9.88. The van der Waals surface area contributed by atoms with Crippen LogP contribution in [0.1, 0.15) is 61.4 Å². The lowest BCUT2D eigenvalue weighted by Crippen LogP contribution is -2.07. The van der Waals surface area contributed by atoms with Crippen molar-refractivity contribution in [2.75, 3.05) is 0 Å². The van der Waals surface area contributed by atoms with Gasteiger partial charge in [0.1, 0.15) is 11.5 Å². The molecule has 0 spiro atoms. The summed E-state index contributed by atoms with van der Waals surface area (Å²) in [4.78, 5) is 0. The summed E-state index contributed by atoms with van der Waals surface area (Å²) >= 11 is 0. The van der Waals surface area contributed by atoms with Gasteiger partial charge in [0.2, 0.25) is 0 Å². The van der Waals surface area contributed by atoms with Crippen molar-refractivity contribution in [1.82, 2.24) is 0 Å². The Balaban J connectivity index is 2.49. The second kappa shape index (κ2) is 3.43. The topological polar surface area (TPSA) is 33.4 Å². The second-order valence-corrected chi connectivity index (χ2v) is 4.49. The highest BCUT2D eigenvalue weighted by Gasteiger charge is 2.26. The van der Waals surface area contributed by atoms with E-state index in [2.05, 4.69) is 20.8 Å². The molecule has 0 amide bonds. The van der Waals surface area contributed by atoms with Crippen LogP contribution in [0.15, 0.2) is 4.42 Å². The lowest BCUT2D eigenvalue weighted by Gasteiger charge is -2.16. The van der Waals surface area contributed by atoms with Crippen LogP contribution in [0.25, 0.3) is 0 Å². The Morgan fingerprint density at radius 2 is 2.14 bits per heavy atom. The molecule has 14 heavy (non-hydrogen) atoms. The average Bonchev–Trinajstić information content (AvgIpc) is 2.45. The van der Waals surface area contributed by atoms with Gasteiger partial charge < -0.3 is 9.52 Å². The summed E-state index contributed by atoms with van der Waals surface area (Å²) in [7, 11) is 0. The van der Waals surface area contributed by atoms with E-state index in [9.17, 15) is 5.11 Å². The predicted octanol–water partition coefficient (Wildman–Crippen LogP) is 3.08. The van der Waals surface area contributed by atoms with E-state index in [1.165, 1.54) is 5.56 Å². The lowest BCUT2D eigenvalue weighted by atomic mass is 9.91. The molecule has 0 aromatic carbocycles. The van der Waals surface area contributed by atoms with Gasteiger partial charge in [-0.1, -0.05) is 13.8 Å². The molecule has 1 aliphatic rings. The summed E-state index contributed by atoms with van der Waals surface area (Å²) < 4.78 is 5.81. The normalized spacial score (nSPS) is 21.4. The van der Waals surface area contributed by atoms with Gasteiger partial charge in [-0.25, -0.2) is 0 Å². The van der Waals surface area contributed by atoms with E-state index >= 15 is 0 Å². The Bertz CT molecular complexity index is 336. The number of hydrogen-bond donors (Lipinski definition) is 1. The molecule has 0 saturated heterocycles. The zero-order chi connectivity index (χ0) is 10.3. The van der Waals surface area contributed by atoms with Gasteiger partial charge in [0, 0.05) is 17.9 Å². The minimum absolute atomic E-state index is 0.296. The van der Waals surface area contributed by atoms with Gasteiger partial charge >= 0.3 is 0 Å². The van der Waals surface area contributed by atoms with Crippen LogP contribution in [0.4, 0.5) is 0 Å². The highest BCUT2D eigenvalue weighted by molar-refractivity contribution is 5.37. The number of furan rings is 1. The molecule has 1 aromatic rings. The Morgan fingerprint density at radius 3 is 2.71 bits per heavy atom. The molecule has 0 aliphatic heterocycles. The molecule has 0 saturated carbocycles. The molecule has 1 N–H and O–H groups in total. The molecule has 0 radical (unpaired) electrons. The average molecular weight is 194 g/mol. The maximum atomic E-state index is 9.88. The van der Waals surface area contributed by atoms with Crippen LogP contribution in [-0.4, -0.2) is 5.11 Å². The van der Waals surface area contributed by atoms with Crippen LogP contribution in [-0.2, 0) is 6.42 Å². The van der Waals surface area contributed by atoms with Crippen molar-refractivity contribution in [1.29, 1.82) is 0 Å². The van der Waals surface area contributed by atoms with Crippen LogP contribution in [0.5, 0.6) is 0 Å². The summed E-state index contributed by atoms with van der Waals surface area (Å²) in [5, 5.41) is 9.88. The molecule has 2 heteroatoms. The van der Waals surface area contributed by atoms with Gasteiger partial charge in [-0.05, 0) is 25.3 Å². The van der Waals surface area contributed by atoms with Crippen LogP contribution in [0.3, 0.4) is 0 Å². The van der Waals surface area contributed by atoms with E-state index in [0.29, 0.717) is 5.92 Å². The predicted molar refractivity (Wildman–Crippen MR) is 55.4 cm³/mol. The first-order valence-electron chi connectivity index (χ1n) is 5.41. The van der Waals surface area contributed by atoms with Crippen LogP contribution >= 0.6 is 0 Å². The van der Waals surface area contributed by atoms with Gasteiger partial charge in [-0.3, -0.25) is 0 Å². The van der Waals surface area contributed by atoms with Crippen molar-refractivity contribution in [3.05, 3.63) is 22.6 Å². The van der Waals surface area contributed by atoms with E-state index in [4.69, 9.17) is 4.42 Å². The highest BCUT2D eigenvalue weighted by atomic mass is 16.3. The van der Waals surface area contributed by atoms with Crippen LogP contribution in [0, 0.1) is 6.92 Å². The first-order valence-corrected chi connectivity index (χ1v) is 5.41. The Kier molecular flexibility index (Phi) is 2.40. The maximum Gasteiger partial charge on any atom is 0.110 e. The second-order valence-electron chi connectivity index (χ2n) is 4.49. The van der Waals surface area contributed by atoms with Gasteiger partial charge in [0.25, 0.3) is 0 Å². The minimum atomic E-state index is -0.296. The fourth-order valence-corrected chi connectivity index (χ4v) is 2.38. The summed E-state index contributed by atoms with van der Waals surface area (Å²) in [5.41, 5.74) is 2.24. The zero-order valence-corrected chi connectivity index (χ0v) is 9.13. The number of aryl methyl sites for hydroxylation is 1. The first-order chi connectivity index (χ1) is 6.61. The molecule has 1 atom stereocenters. The quantitative estimate of drug-likeness (QED) is 0.745. The summed E-state index contributed by atoms with van der Waals surface area (Å²) in [6.07, 6.45) is 2.61. The first kappa shape index (κ1) is 9.78. The Hall–Kier alpha value is -0.760. The smallest absolute Gasteiger partial charge is 0.110 e. The van der Waals surface area contributed by atoms with Crippen molar-refractivity contribution in [2.24, 2.45) is 0 Å². The number of hydrogen-bond acceptors (Lipinski definition) is 2. The third-order valence-corrected chi connectivity index (χ3v) is 3.05. The minimum Gasteiger partial charge on any atom is -0.465 e. The van der Waals surface area contributed by atoms with E-state index < -0.39 is 0 Å². The summed E-state index contributed by atoms with van der Waals surface area (Å²) in [6, 6.07) is 0. The van der Waals surface area contributed by atoms with Gasteiger partial charge in [-0.15, -0.1) is 0 Å². The Labute approximate surface area is 84.9 Å². The fraction of sp³-hybridized carbons (Fsp3) is 0.667. The van der Waals surface area contributed by atoms with Crippen molar-refractivity contribution < 1.29 is 9.52 Å². The van der Waals surface area contributed by atoms with E-state index in [1.54, 1.807) is 0 Å². The molecule has 1 aliphatic carbocycles. The van der Waals surface area contributed by atoms with E-state index in [0.717, 1.165) is 36.3 Å². The molecule has 0 unspecified atom stereocenters. The molecule has 1 aromatic heterocycles. The zero-order valence-electron chi connectivity index (χ0n) is 9.13. The van der Waals surface area contributed by atoms with E-state index in [-0.39, 0.29) is 6.10 Å². The van der Waals surface area contributed by atoms with Gasteiger partial charge in [0.15, 0.2) is 0 Å². The van der Waals surface area contributed by atoms with Gasteiger partial charge in [-0.2, -0.15) is 0 Å². The molecule has 0 fully saturated rings. The number of aliphatic hydroxyl groups excluding tert-OH is 1. The van der Waals surface area contributed by atoms with Crippen LogP contribution < -0.4 is 0 Å². The van der Waals surface area contributed by atoms with Crippen molar-refractivity contribution in [2.45, 2.75) is 52.1 Å². The summed E-state index contributed by atoms with van der Waals surface area (Å²) in [6.45, 7) is 6.32. The lowest BCUT2D eigenvalue weighted by molar-refractivity contribution is 0.152. The van der Waals surface area contributed by atoms with E-state index in [1.807, 2.05) is 0 Å². The standard InChI is InChI=1S/C12H18O2/c1-7(2)12-8(3)11-9(13)5-4-6-10(11)14-12/h7,9,13H,4-6H2,1-3H3/t9-/m0/s1. The molecular weight excluding hydrogens is 176 g/mol. The molecular formula is C12H18O2. The number of rotatable bonds is 1. The van der Waals surface area contributed by atoms with Crippen LogP contribution in [0.2, 0.25) is 0 Å². The van der Waals surface area contributed by atoms with Crippen molar-refractivity contribution in [3.63, 3.8) is 0 Å². The van der Waals surface area contributed by atoms with Crippen molar-refractivity contribution >= 4 is 0 Å². The molecule has 78 valence electrons. The number of fused-ring (bicyclic) bond motifs is 1. The molecule has 1 heterocycles. The SMILES string of the molecule is Cc1c(C(C)C)oc2c1[C@@H](O)CCC2. The molecule has 2 rings (SSSR count). The molecule has 2 nitrogen and oxygen atoms in total. The van der Waals surface area contributed by atoms with Crippen molar-refractivity contribution in [3.8, 4) is 0 Å². The summed E-state index contributed by atoms with van der Waals surface area (Å²) in [5.74, 6) is 2.48. The largest absolute Gasteiger partial charge is 0.465 e. The van der Waals surface area contributed by atoms with Gasteiger partial charge in [0.05, 0.1) is 6.10 Å². The monoisotopic (exact) mass is 194 g/mol. The third-order valence-electron chi connectivity index (χ3n) is 3.05. The highest BCUT2D eigenvalue weighted by Crippen LogP contribution is 2.37. The number of aliphatic hydroxyl groups is 1.